The highest BCUT2D eigenvalue weighted by Gasteiger charge is 2.45. The predicted molar refractivity (Wildman–Crippen MR) is 193 cm³/mol. The molecule has 0 saturated heterocycles. The van der Waals surface area contributed by atoms with E-state index in [2.05, 4.69) is 41.5 Å². The monoisotopic (exact) mass is 768 g/mol. The van der Waals surface area contributed by atoms with Crippen molar-refractivity contribution in [1.82, 2.24) is 25.6 Å². The first-order valence-corrected chi connectivity index (χ1v) is 17.0. The molecule has 18 heteroatoms. The summed E-state index contributed by atoms with van der Waals surface area (Å²) >= 11 is 6.03. The Kier molecular flexibility index (Phi) is 12.2. The van der Waals surface area contributed by atoms with Gasteiger partial charge in [-0.1, -0.05) is 49.7 Å². The molecule has 1 heterocycles. The maximum absolute atomic E-state index is 13.1. The van der Waals surface area contributed by atoms with E-state index in [1.165, 1.54) is 24.3 Å². The van der Waals surface area contributed by atoms with Gasteiger partial charge in [-0.15, -0.1) is 0 Å². The molecule has 54 heavy (non-hydrogen) atoms. The molecule has 284 valence electrons. The second kappa shape index (κ2) is 16.8. The lowest BCUT2D eigenvalue weighted by Crippen LogP contribution is -2.50. The molecular formula is C36H36ClF3N8O6. The van der Waals surface area contributed by atoms with Crippen LogP contribution in [-0.2, 0) is 24.7 Å². The number of methoxy groups -OCH3 is 1. The molecule has 0 spiro atoms. The molecule has 3 aromatic carbocycles. The van der Waals surface area contributed by atoms with Crippen molar-refractivity contribution >= 4 is 58.6 Å². The first-order chi connectivity index (χ1) is 25.6. The third-order valence-electron chi connectivity index (χ3n) is 8.18. The van der Waals surface area contributed by atoms with Gasteiger partial charge in [0.1, 0.15) is 6.04 Å². The van der Waals surface area contributed by atoms with Crippen molar-refractivity contribution in [2.24, 2.45) is 0 Å². The fourth-order valence-electron chi connectivity index (χ4n) is 5.10. The average molecular weight is 769 g/mol. The molecule has 1 aliphatic carbocycles. The number of amides is 3. The van der Waals surface area contributed by atoms with Gasteiger partial charge in [0.05, 0.1) is 12.6 Å². The number of alkyl halides is 3. The first-order valence-electron chi connectivity index (χ1n) is 16.6. The fraction of sp³-hybridized carbons (Fsp3) is 0.306. The van der Waals surface area contributed by atoms with E-state index in [0.717, 1.165) is 18.2 Å². The minimum atomic E-state index is -4.64. The minimum Gasteiger partial charge on any atom is -0.467 e. The van der Waals surface area contributed by atoms with Crippen LogP contribution in [0.15, 0.2) is 72.8 Å². The maximum Gasteiger partial charge on any atom is 0.422 e. The van der Waals surface area contributed by atoms with Crippen LogP contribution in [0.4, 0.5) is 36.4 Å². The number of hydrogen-bond acceptors (Lipinski definition) is 11. The molecule has 4 aromatic rings. The highest BCUT2D eigenvalue weighted by molar-refractivity contribution is 6.39. The number of esters is 1. The van der Waals surface area contributed by atoms with Crippen molar-refractivity contribution in [3.05, 3.63) is 94.5 Å². The van der Waals surface area contributed by atoms with Crippen LogP contribution in [-0.4, -0.2) is 71.1 Å². The Balaban J connectivity index is 1.22. The van der Waals surface area contributed by atoms with Gasteiger partial charge in [-0.05, 0) is 78.4 Å². The number of aromatic nitrogens is 3. The van der Waals surface area contributed by atoms with Gasteiger partial charge in [0.2, 0.25) is 11.9 Å². The number of benzene rings is 3. The van der Waals surface area contributed by atoms with Crippen LogP contribution in [0.5, 0.6) is 6.01 Å². The largest absolute Gasteiger partial charge is 0.467 e. The van der Waals surface area contributed by atoms with Crippen LogP contribution >= 0.6 is 11.6 Å². The second-order valence-electron chi connectivity index (χ2n) is 12.6. The van der Waals surface area contributed by atoms with E-state index >= 15 is 0 Å². The highest BCUT2D eigenvalue weighted by Crippen LogP contribution is 2.48. The Morgan fingerprint density at radius 1 is 0.852 bits per heavy atom. The van der Waals surface area contributed by atoms with Gasteiger partial charge >= 0.3 is 30.0 Å². The number of hydrogen-bond donors (Lipinski definition) is 5. The summed E-state index contributed by atoms with van der Waals surface area (Å²) in [5, 5.41) is 13.8. The number of nitrogens with zero attached hydrogens (tertiary/aromatic N) is 3. The molecule has 3 amide bonds. The molecule has 5 rings (SSSR count). The number of carbonyl (C=O) groups is 4. The Morgan fingerprint density at radius 2 is 1.48 bits per heavy atom. The van der Waals surface area contributed by atoms with Crippen molar-refractivity contribution < 1.29 is 41.8 Å². The summed E-state index contributed by atoms with van der Waals surface area (Å²) in [5.41, 5.74) is 2.21. The zero-order valence-corrected chi connectivity index (χ0v) is 30.0. The van der Waals surface area contributed by atoms with E-state index in [1.807, 2.05) is 38.1 Å². The van der Waals surface area contributed by atoms with Gasteiger partial charge in [-0.2, -0.15) is 28.1 Å². The summed E-state index contributed by atoms with van der Waals surface area (Å²) in [6.45, 7) is 1.96. The van der Waals surface area contributed by atoms with Crippen molar-refractivity contribution in [1.29, 1.82) is 0 Å². The number of nitrogens with one attached hydrogen (secondary N) is 5. The number of anilines is 4. The zero-order valence-electron chi connectivity index (χ0n) is 29.2. The van der Waals surface area contributed by atoms with E-state index in [0.29, 0.717) is 29.2 Å². The topological polar surface area (TPSA) is 186 Å². The lowest BCUT2D eigenvalue weighted by atomic mass is 10.0. The number of ether oxygens (including phenoxy) is 2. The quantitative estimate of drug-likeness (QED) is 0.0811. The summed E-state index contributed by atoms with van der Waals surface area (Å²) in [6.07, 6.45) is -3.23. The second-order valence-corrected chi connectivity index (χ2v) is 13.0. The van der Waals surface area contributed by atoms with Crippen LogP contribution in [0.25, 0.3) is 0 Å². The minimum absolute atomic E-state index is 0.0353. The first kappa shape index (κ1) is 39.2. The number of halogens is 4. The van der Waals surface area contributed by atoms with Crippen molar-refractivity contribution in [2.45, 2.75) is 50.4 Å². The normalized spacial score (nSPS) is 13.6. The molecule has 0 unspecified atom stereocenters. The van der Waals surface area contributed by atoms with Gasteiger partial charge in [0, 0.05) is 28.5 Å². The van der Waals surface area contributed by atoms with E-state index in [4.69, 9.17) is 21.1 Å². The maximum atomic E-state index is 13.1. The lowest BCUT2D eigenvalue weighted by molar-refractivity contribution is -0.154. The third-order valence-corrected chi connectivity index (χ3v) is 8.43. The van der Waals surface area contributed by atoms with Crippen LogP contribution in [0.1, 0.15) is 54.1 Å². The zero-order chi connectivity index (χ0) is 39.0. The van der Waals surface area contributed by atoms with Gasteiger partial charge in [0.25, 0.3) is 5.91 Å². The summed E-state index contributed by atoms with van der Waals surface area (Å²) in [7, 11) is 1.10. The predicted octanol–water partition coefficient (Wildman–Crippen LogP) is 5.46. The average Bonchev–Trinajstić information content (AvgIpc) is 3.92. The molecule has 0 radical (unpaired) electrons. The molecule has 1 saturated carbocycles. The van der Waals surface area contributed by atoms with Crippen LogP contribution in [0.2, 0.25) is 5.02 Å². The molecule has 1 fully saturated rings. The van der Waals surface area contributed by atoms with E-state index in [-0.39, 0.29) is 23.4 Å². The van der Waals surface area contributed by atoms with Gasteiger partial charge < -0.3 is 36.1 Å². The molecule has 1 aromatic heterocycles. The van der Waals surface area contributed by atoms with E-state index in [1.54, 1.807) is 24.3 Å². The number of carbonyl (C=O) groups excluding carboxylic acids is 4. The van der Waals surface area contributed by atoms with E-state index in [9.17, 15) is 32.3 Å². The van der Waals surface area contributed by atoms with Crippen LogP contribution in [0, 0.1) is 0 Å². The van der Waals surface area contributed by atoms with E-state index < -0.39 is 60.6 Å². The summed E-state index contributed by atoms with van der Waals surface area (Å²) in [6, 6.07) is 17.9. The Morgan fingerprint density at radius 3 is 2.07 bits per heavy atom. The Labute approximate surface area is 312 Å². The van der Waals surface area contributed by atoms with Gasteiger partial charge in [-0.25, -0.2) is 4.79 Å². The molecule has 0 aliphatic heterocycles. The molecule has 0 bridgehead atoms. The summed E-state index contributed by atoms with van der Waals surface area (Å²) in [4.78, 5) is 62.7. The molecular weight excluding hydrogens is 733 g/mol. The highest BCUT2D eigenvalue weighted by atomic mass is 35.5. The fourth-order valence-corrected chi connectivity index (χ4v) is 5.22. The summed E-state index contributed by atoms with van der Waals surface area (Å²) < 4.78 is 48.4. The molecule has 1 aliphatic rings. The third kappa shape index (κ3) is 10.8. The Bertz CT molecular complexity index is 1980. The summed E-state index contributed by atoms with van der Waals surface area (Å²) in [5.74, 6) is -3.50. The SMILES string of the molecule is COC(=O)[C@H](CNC(=O)C(=O)Nc1ccc(C(C)C)cc1)NC(=O)c1ccc(Nc2nc(NC3(c4ccc(Cl)cc4)CC3)nc(OCC(F)(F)F)n2)cc1. The smallest absolute Gasteiger partial charge is 0.422 e. The standard InChI is InChI=1S/C36H36ClF3N8O6/c1-20(2)21-4-12-25(13-5-21)42-30(51)29(50)41-18-27(31(52)53-3)44-28(49)22-6-14-26(15-7-22)43-32-45-33(47-34(46-32)54-19-36(38,39)40)48-35(16-17-35)23-8-10-24(37)11-9-23/h4-15,20,27H,16-19H2,1-3H3,(H,41,50)(H,42,51)(H,44,49)(H2,43,45,46,47,48)/t27-/m0/s1. The molecule has 14 nitrogen and oxygen atoms in total. The van der Waals surface area contributed by atoms with Gasteiger partial charge in [0.15, 0.2) is 6.61 Å². The molecule has 5 N–H and O–H groups in total. The van der Waals surface area contributed by atoms with Crippen molar-refractivity contribution in [3.8, 4) is 6.01 Å². The Hall–Kier alpha value is -5.97. The number of rotatable bonds is 14. The molecule has 1 atom stereocenters. The van der Waals surface area contributed by atoms with Crippen LogP contribution in [0.3, 0.4) is 0 Å². The van der Waals surface area contributed by atoms with Crippen LogP contribution < -0.4 is 31.3 Å². The van der Waals surface area contributed by atoms with Gasteiger partial charge in [-0.3, -0.25) is 14.4 Å². The van der Waals surface area contributed by atoms with Crippen molar-refractivity contribution in [3.63, 3.8) is 0 Å². The lowest BCUT2D eigenvalue weighted by Gasteiger charge is -2.19. The van der Waals surface area contributed by atoms with Crippen molar-refractivity contribution in [2.75, 3.05) is 36.2 Å².